The number of ether oxygens (including phenoxy) is 3. The lowest BCUT2D eigenvalue weighted by Gasteiger charge is -2.45. The Labute approximate surface area is 160 Å². The van der Waals surface area contributed by atoms with Crippen LogP contribution >= 0.6 is 0 Å². The van der Waals surface area contributed by atoms with Gasteiger partial charge in [-0.1, -0.05) is 0 Å². The molecule has 3 aliphatic heterocycles. The number of amides is 2. The van der Waals surface area contributed by atoms with Gasteiger partial charge in [0.15, 0.2) is 0 Å². The smallest absolute Gasteiger partial charge is 0.226 e. The number of nitrogens with zero attached hydrogens (tertiary/aromatic N) is 2. The number of carbonyl (C=O) groups is 2. The normalized spacial score (nSPS) is 32.9. The second kappa shape index (κ2) is 9.32. The van der Waals surface area contributed by atoms with E-state index < -0.39 is 6.10 Å². The van der Waals surface area contributed by atoms with Gasteiger partial charge < -0.3 is 29.1 Å². The minimum atomic E-state index is -0.692. The fourth-order valence-electron chi connectivity index (χ4n) is 4.15. The van der Waals surface area contributed by atoms with Crippen LogP contribution in [0.15, 0.2) is 0 Å². The summed E-state index contributed by atoms with van der Waals surface area (Å²) in [5.74, 6) is 0.0661. The maximum atomic E-state index is 13.2. The molecular weight excluding hydrogens is 352 g/mol. The predicted octanol–water partition coefficient (Wildman–Crippen LogP) is 0.0272. The third-order valence-electron chi connectivity index (χ3n) is 5.74. The van der Waals surface area contributed by atoms with E-state index in [0.717, 1.165) is 19.3 Å². The predicted molar refractivity (Wildman–Crippen MR) is 97.1 cm³/mol. The van der Waals surface area contributed by atoms with Crippen molar-refractivity contribution in [1.29, 1.82) is 0 Å². The van der Waals surface area contributed by atoms with Crippen molar-refractivity contribution in [2.24, 2.45) is 5.92 Å². The first-order valence-corrected chi connectivity index (χ1v) is 9.95. The van der Waals surface area contributed by atoms with Crippen LogP contribution in [0.1, 0.15) is 32.1 Å². The summed E-state index contributed by atoms with van der Waals surface area (Å²) in [4.78, 5) is 28.6. The highest BCUT2D eigenvalue weighted by Crippen LogP contribution is 2.30. The summed E-state index contributed by atoms with van der Waals surface area (Å²) in [6.45, 7) is 1.99. The van der Waals surface area contributed by atoms with Gasteiger partial charge in [0.2, 0.25) is 11.8 Å². The van der Waals surface area contributed by atoms with E-state index in [0.29, 0.717) is 32.7 Å². The molecule has 0 radical (unpaired) electrons. The van der Waals surface area contributed by atoms with E-state index in [2.05, 4.69) is 0 Å². The molecule has 0 bridgehead atoms. The topological polar surface area (TPSA) is 88.5 Å². The lowest BCUT2D eigenvalue weighted by atomic mass is 9.91. The molecule has 3 heterocycles. The number of rotatable bonds is 3. The molecule has 3 fully saturated rings. The van der Waals surface area contributed by atoms with Crippen LogP contribution in [0, 0.1) is 5.92 Å². The van der Waals surface area contributed by atoms with Crippen LogP contribution in [0.2, 0.25) is 0 Å². The van der Waals surface area contributed by atoms with E-state index >= 15 is 0 Å². The third-order valence-corrected chi connectivity index (χ3v) is 5.74. The SMILES string of the molecule is CN(C)C(=O)C[C@@H]1CC[C@H]2[C@@H](COC[C@H](O)CN2C(=O)C2CCOCC2)O1. The highest BCUT2D eigenvalue weighted by atomic mass is 16.5. The molecule has 3 rings (SSSR count). The van der Waals surface area contributed by atoms with Crippen LogP contribution in [0.25, 0.3) is 0 Å². The zero-order valence-electron chi connectivity index (χ0n) is 16.3. The molecular formula is C19H32N2O6. The zero-order chi connectivity index (χ0) is 19.4. The van der Waals surface area contributed by atoms with Gasteiger partial charge in [-0.2, -0.15) is 0 Å². The van der Waals surface area contributed by atoms with Crippen molar-refractivity contribution in [3.63, 3.8) is 0 Å². The molecule has 4 atom stereocenters. The summed E-state index contributed by atoms with van der Waals surface area (Å²) in [5.41, 5.74) is 0. The Balaban J connectivity index is 1.69. The lowest BCUT2D eigenvalue weighted by molar-refractivity contribution is -0.174. The summed E-state index contributed by atoms with van der Waals surface area (Å²) >= 11 is 0. The van der Waals surface area contributed by atoms with Gasteiger partial charge in [-0.05, 0) is 25.7 Å². The van der Waals surface area contributed by atoms with E-state index in [9.17, 15) is 14.7 Å². The number of aliphatic hydroxyl groups is 1. The molecule has 0 spiro atoms. The quantitative estimate of drug-likeness (QED) is 0.738. The van der Waals surface area contributed by atoms with Crippen LogP contribution in [0.4, 0.5) is 0 Å². The number of hydrogen-bond donors (Lipinski definition) is 1. The van der Waals surface area contributed by atoms with Gasteiger partial charge in [0.25, 0.3) is 0 Å². The molecule has 0 aromatic heterocycles. The fraction of sp³-hybridized carbons (Fsp3) is 0.895. The summed E-state index contributed by atoms with van der Waals surface area (Å²) in [5, 5.41) is 10.2. The highest BCUT2D eigenvalue weighted by Gasteiger charge is 2.41. The van der Waals surface area contributed by atoms with Crippen molar-refractivity contribution < 1.29 is 28.9 Å². The Bertz CT molecular complexity index is 522. The summed E-state index contributed by atoms with van der Waals surface area (Å²) in [7, 11) is 3.48. The van der Waals surface area contributed by atoms with Crippen LogP contribution in [-0.2, 0) is 23.8 Å². The Morgan fingerprint density at radius 3 is 2.52 bits per heavy atom. The van der Waals surface area contributed by atoms with Crippen LogP contribution in [-0.4, -0.2) is 98.1 Å². The number of fused-ring (bicyclic) bond motifs is 1. The summed E-state index contributed by atoms with van der Waals surface area (Å²) < 4.78 is 17.2. The molecule has 8 heteroatoms. The first kappa shape index (κ1) is 20.5. The minimum absolute atomic E-state index is 0.0378. The number of hydrogen-bond acceptors (Lipinski definition) is 6. The molecule has 8 nitrogen and oxygen atoms in total. The van der Waals surface area contributed by atoms with Gasteiger partial charge in [0.05, 0.1) is 37.9 Å². The van der Waals surface area contributed by atoms with Crippen molar-refractivity contribution in [3.05, 3.63) is 0 Å². The Morgan fingerprint density at radius 2 is 1.81 bits per heavy atom. The van der Waals surface area contributed by atoms with E-state index in [4.69, 9.17) is 14.2 Å². The van der Waals surface area contributed by atoms with Gasteiger partial charge in [-0.3, -0.25) is 9.59 Å². The van der Waals surface area contributed by atoms with Crippen molar-refractivity contribution in [2.75, 3.05) is 47.1 Å². The molecule has 0 aromatic carbocycles. The third kappa shape index (κ3) is 5.19. The molecule has 0 unspecified atom stereocenters. The van der Waals surface area contributed by atoms with E-state index in [1.54, 1.807) is 19.0 Å². The number of aliphatic hydroxyl groups excluding tert-OH is 1. The Morgan fingerprint density at radius 1 is 1.07 bits per heavy atom. The van der Waals surface area contributed by atoms with Crippen molar-refractivity contribution in [3.8, 4) is 0 Å². The van der Waals surface area contributed by atoms with Gasteiger partial charge in [0.1, 0.15) is 6.10 Å². The lowest BCUT2D eigenvalue weighted by Crippen LogP contribution is -2.58. The summed E-state index contributed by atoms with van der Waals surface area (Å²) in [6, 6.07) is -0.124. The van der Waals surface area contributed by atoms with Crippen LogP contribution in [0.3, 0.4) is 0 Å². The molecule has 1 N–H and O–H groups in total. The second-order valence-electron chi connectivity index (χ2n) is 8.00. The molecule has 0 saturated carbocycles. The van der Waals surface area contributed by atoms with Gasteiger partial charge in [0, 0.05) is 39.8 Å². The largest absolute Gasteiger partial charge is 0.389 e. The van der Waals surface area contributed by atoms with Crippen molar-refractivity contribution in [2.45, 2.75) is 56.5 Å². The first-order chi connectivity index (χ1) is 13.0. The number of carbonyl (C=O) groups excluding carboxylic acids is 2. The Kier molecular flexibility index (Phi) is 7.08. The molecule has 3 saturated heterocycles. The van der Waals surface area contributed by atoms with Crippen LogP contribution < -0.4 is 0 Å². The molecule has 0 aliphatic carbocycles. The average molecular weight is 384 g/mol. The van der Waals surface area contributed by atoms with Gasteiger partial charge >= 0.3 is 0 Å². The minimum Gasteiger partial charge on any atom is -0.389 e. The maximum absolute atomic E-state index is 13.2. The number of β-amino-alcohol motifs (C(OH)–C–C–N with tert-alkyl or cyclic N) is 1. The molecule has 27 heavy (non-hydrogen) atoms. The molecule has 0 aromatic rings. The monoisotopic (exact) mass is 384 g/mol. The average Bonchev–Trinajstić information content (AvgIpc) is 2.65. The maximum Gasteiger partial charge on any atom is 0.226 e. The van der Waals surface area contributed by atoms with Gasteiger partial charge in [-0.25, -0.2) is 0 Å². The molecule has 2 amide bonds. The van der Waals surface area contributed by atoms with Crippen molar-refractivity contribution >= 4 is 11.8 Å². The van der Waals surface area contributed by atoms with Gasteiger partial charge in [-0.15, -0.1) is 0 Å². The van der Waals surface area contributed by atoms with Crippen LogP contribution in [0.5, 0.6) is 0 Å². The molecule has 154 valence electrons. The van der Waals surface area contributed by atoms with Crippen molar-refractivity contribution in [1.82, 2.24) is 9.80 Å². The fourth-order valence-corrected chi connectivity index (χ4v) is 4.15. The highest BCUT2D eigenvalue weighted by molar-refractivity contribution is 5.79. The van der Waals surface area contributed by atoms with E-state index in [1.807, 2.05) is 4.90 Å². The standard InChI is InChI=1S/C19H32N2O6/c1-20(2)18(23)9-15-3-4-16-17(27-15)12-26-11-14(22)10-21(16)19(24)13-5-7-25-8-6-13/h13-17,22H,3-12H2,1-2H3/t14-,15+,16+,17-/m1/s1. The summed E-state index contributed by atoms with van der Waals surface area (Å²) in [6.07, 6.45) is 2.13. The molecule has 3 aliphatic rings. The van der Waals surface area contributed by atoms with E-state index in [1.165, 1.54) is 0 Å². The van der Waals surface area contributed by atoms with E-state index in [-0.39, 0.29) is 49.1 Å². The first-order valence-electron chi connectivity index (χ1n) is 9.95. The zero-order valence-corrected chi connectivity index (χ0v) is 16.3. The Hall–Kier alpha value is -1.22. The second-order valence-corrected chi connectivity index (χ2v) is 8.00.